The molecular formula is C16H30N2OSi. The van der Waals surface area contributed by atoms with E-state index in [1.54, 1.807) is 0 Å². The molecule has 20 heavy (non-hydrogen) atoms. The Hall–Kier alpha value is -0.373. The van der Waals surface area contributed by atoms with Gasteiger partial charge in [0, 0.05) is 24.6 Å². The smallest absolute Gasteiger partial charge is 0.191 e. The van der Waals surface area contributed by atoms with Crippen LogP contribution in [0.3, 0.4) is 0 Å². The zero-order valence-electron chi connectivity index (χ0n) is 13.9. The quantitative estimate of drug-likeness (QED) is 0.746. The highest BCUT2D eigenvalue weighted by atomic mass is 28.4. The van der Waals surface area contributed by atoms with Crippen LogP contribution < -0.4 is 0 Å². The predicted molar refractivity (Wildman–Crippen MR) is 84.9 cm³/mol. The summed E-state index contributed by atoms with van der Waals surface area (Å²) in [5, 5.41) is 9.73. The van der Waals surface area contributed by atoms with Crippen LogP contribution in [-0.2, 0) is 4.43 Å². The molecule has 0 unspecified atom stereocenters. The highest BCUT2D eigenvalue weighted by Gasteiger charge is 2.47. The molecule has 0 spiro atoms. The fourth-order valence-electron chi connectivity index (χ4n) is 3.47. The summed E-state index contributed by atoms with van der Waals surface area (Å²) in [6, 6.07) is 3.75. The molecule has 0 aromatic rings. The van der Waals surface area contributed by atoms with Gasteiger partial charge >= 0.3 is 0 Å². The summed E-state index contributed by atoms with van der Waals surface area (Å²) in [5.74, 6) is 0.589. The monoisotopic (exact) mass is 294 g/mol. The molecule has 0 aliphatic carbocycles. The van der Waals surface area contributed by atoms with Crippen molar-refractivity contribution in [2.75, 3.05) is 13.7 Å². The molecule has 0 aromatic heterocycles. The third-order valence-electron chi connectivity index (χ3n) is 6.04. The van der Waals surface area contributed by atoms with Crippen molar-refractivity contribution in [3.05, 3.63) is 0 Å². The van der Waals surface area contributed by atoms with E-state index >= 15 is 0 Å². The lowest BCUT2D eigenvalue weighted by molar-refractivity contribution is 0.0544. The van der Waals surface area contributed by atoms with Gasteiger partial charge in [-0.1, -0.05) is 20.8 Å². The van der Waals surface area contributed by atoms with Crippen LogP contribution in [0.15, 0.2) is 0 Å². The minimum Gasteiger partial charge on any atom is -0.416 e. The molecule has 0 radical (unpaired) electrons. The van der Waals surface area contributed by atoms with Crippen LogP contribution in [0.25, 0.3) is 0 Å². The summed E-state index contributed by atoms with van der Waals surface area (Å²) in [6.07, 6.45) is 3.54. The highest BCUT2D eigenvalue weighted by molar-refractivity contribution is 6.74. The van der Waals surface area contributed by atoms with Crippen molar-refractivity contribution in [2.24, 2.45) is 11.8 Å². The molecule has 0 saturated carbocycles. The van der Waals surface area contributed by atoms with E-state index in [1.165, 1.54) is 12.8 Å². The Morgan fingerprint density at radius 2 is 1.95 bits per heavy atom. The van der Waals surface area contributed by atoms with Crippen LogP contribution in [0.4, 0.5) is 0 Å². The molecule has 2 saturated heterocycles. The zero-order valence-corrected chi connectivity index (χ0v) is 14.9. The van der Waals surface area contributed by atoms with Crippen LogP contribution >= 0.6 is 0 Å². The first-order valence-electron chi connectivity index (χ1n) is 7.93. The lowest BCUT2D eigenvalue weighted by Crippen LogP contribution is -2.50. The third-order valence-corrected chi connectivity index (χ3v) is 10.5. The van der Waals surface area contributed by atoms with Gasteiger partial charge in [-0.2, -0.15) is 5.26 Å². The lowest BCUT2D eigenvalue weighted by atomic mass is 9.82. The standard InChI is InChI=1S/C16H30N2OSi/c1-16(2,3)20(5,6)19-11-14-12(10-17)9-13-7-8-15(14)18(13)4/h12-15H,7-9,11H2,1-6H3/t12-,13-,14-,15+/m0/s1. The molecule has 2 fully saturated rings. The van der Waals surface area contributed by atoms with Crippen molar-refractivity contribution < 1.29 is 4.43 Å². The third kappa shape index (κ3) is 2.81. The number of nitrogens with zero attached hydrogens (tertiary/aromatic N) is 2. The zero-order chi connectivity index (χ0) is 15.1. The van der Waals surface area contributed by atoms with E-state index < -0.39 is 8.32 Å². The van der Waals surface area contributed by atoms with Crippen molar-refractivity contribution in [3.63, 3.8) is 0 Å². The number of nitriles is 1. The van der Waals surface area contributed by atoms with Gasteiger partial charge in [0.25, 0.3) is 0 Å². The maximum absolute atomic E-state index is 9.49. The Kier molecular flexibility index (Phi) is 4.35. The second-order valence-electron chi connectivity index (χ2n) is 8.17. The van der Waals surface area contributed by atoms with E-state index in [9.17, 15) is 5.26 Å². The Morgan fingerprint density at radius 3 is 2.50 bits per heavy atom. The van der Waals surface area contributed by atoms with Gasteiger partial charge in [-0.05, 0) is 44.4 Å². The minimum absolute atomic E-state index is 0.188. The predicted octanol–water partition coefficient (Wildman–Crippen LogP) is 3.63. The van der Waals surface area contributed by atoms with Gasteiger partial charge in [0.2, 0.25) is 0 Å². The average molecular weight is 295 g/mol. The Morgan fingerprint density at radius 1 is 1.30 bits per heavy atom. The molecule has 0 aromatic carbocycles. The summed E-state index contributed by atoms with van der Waals surface area (Å²) >= 11 is 0. The minimum atomic E-state index is -1.71. The van der Waals surface area contributed by atoms with Crippen molar-refractivity contribution in [1.82, 2.24) is 4.90 Å². The van der Waals surface area contributed by atoms with E-state index in [0.717, 1.165) is 13.0 Å². The van der Waals surface area contributed by atoms with Crippen LogP contribution in [0.1, 0.15) is 40.0 Å². The molecule has 4 atom stereocenters. The van der Waals surface area contributed by atoms with Gasteiger partial charge in [0.1, 0.15) is 0 Å². The first-order chi connectivity index (χ1) is 9.17. The summed E-state index contributed by atoms with van der Waals surface area (Å²) in [7, 11) is 0.521. The van der Waals surface area contributed by atoms with E-state index in [-0.39, 0.29) is 11.0 Å². The molecule has 0 amide bonds. The van der Waals surface area contributed by atoms with Gasteiger partial charge in [0.15, 0.2) is 8.32 Å². The summed E-state index contributed by atoms with van der Waals surface area (Å²) in [5.41, 5.74) is 0. The first kappa shape index (κ1) is 16.0. The fraction of sp³-hybridized carbons (Fsp3) is 0.938. The number of hydrogen-bond donors (Lipinski definition) is 0. The molecule has 114 valence electrons. The van der Waals surface area contributed by atoms with Crippen LogP contribution in [0.2, 0.25) is 18.1 Å². The van der Waals surface area contributed by atoms with E-state index in [4.69, 9.17) is 4.43 Å². The average Bonchev–Trinajstić information content (AvgIpc) is 2.60. The summed E-state index contributed by atoms with van der Waals surface area (Å²) in [6.45, 7) is 12.2. The van der Waals surface area contributed by atoms with Crippen LogP contribution in [0.5, 0.6) is 0 Å². The van der Waals surface area contributed by atoms with Crippen LogP contribution in [-0.4, -0.2) is 39.0 Å². The van der Waals surface area contributed by atoms with Crippen molar-refractivity contribution in [1.29, 1.82) is 5.26 Å². The molecule has 2 aliphatic heterocycles. The fourth-order valence-corrected chi connectivity index (χ4v) is 4.52. The molecule has 2 rings (SSSR count). The maximum atomic E-state index is 9.49. The van der Waals surface area contributed by atoms with Gasteiger partial charge in [0.05, 0.1) is 12.0 Å². The second-order valence-corrected chi connectivity index (χ2v) is 13.0. The topological polar surface area (TPSA) is 36.3 Å². The molecule has 2 aliphatic rings. The van der Waals surface area contributed by atoms with Gasteiger partial charge in [-0.25, -0.2) is 0 Å². The number of hydrogen-bond acceptors (Lipinski definition) is 3. The molecule has 3 nitrogen and oxygen atoms in total. The first-order valence-corrected chi connectivity index (χ1v) is 10.8. The summed E-state index contributed by atoms with van der Waals surface area (Å²) < 4.78 is 6.43. The Balaban J connectivity index is 2.06. The van der Waals surface area contributed by atoms with E-state index in [1.807, 2.05) is 0 Å². The van der Waals surface area contributed by atoms with E-state index in [2.05, 4.69) is 51.9 Å². The highest BCUT2D eigenvalue weighted by Crippen LogP contribution is 2.43. The maximum Gasteiger partial charge on any atom is 0.191 e. The number of rotatable bonds is 3. The summed E-state index contributed by atoms with van der Waals surface area (Å²) in [4.78, 5) is 2.51. The van der Waals surface area contributed by atoms with Gasteiger partial charge < -0.3 is 9.33 Å². The molecule has 2 heterocycles. The van der Waals surface area contributed by atoms with E-state index in [0.29, 0.717) is 18.0 Å². The van der Waals surface area contributed by atoms with Crippen molar-refractivity contribution >= 4 is 8.32 Å². The molecule has 0 N–H and O–H groups in total. The SMILES string of the molecule is CN1[C@H]2CC[C@@H]1[C@@H](CO[Si](C)(C)C(C)(C)C)[C@H](C#N)C2. The van der Waals surface area contributed by atoms with Crippen LogP contribution in [0, 0.1) is 23.2 Å². The molecule has 4 heteroatoms. The molecular weight excluding hydrogens is 264 g/mol. The molecule has 2 bridgehead atoms. The lowest BCUT2D eigenvalue weighted by Gasteiger charge is -2.43. The van der Waals surface area contributed by atoms with Crippen molar-refractivity contribution in [3.8, 4) is 6.07 Å². The Labute approximate surface area is 125 Å². The normalized spacial score (nSPS) is 35.0. The second kappa shape index (κ2) is 5.44. The Bertz CT molecular complexity index is 396. The number of piperidine rings is 1. The number of fused-ring (bicyclic) bond motifs is 2. The largest absolute Gasteiger partial charge is 0.416 e. The van der Waals surface area contributed by atoms with Gasteiger partial charge in [-0.3, -0.25) is 0 Å². The van der Waals surface area contributed by atoms with Crippen molar-refractivity contribution in [2.45, 2.75) is 70.2 Å². The van der Waals surface area contributed by atoms with Gasteiger partial charge in [-0.15, -0.1) is 0 Å².